The molecule has 0 amide bonds. The first-order valence-electron chi connectivity index (χ1n) is 16.0. The number of nitrogens with zero attached hydrogens (tertiary/aromatic N) is 6. The molecule has 4 aromatic heterocycles. The summed E-state index contributed by atoms with van der Waals surface area (Å²) in [4.78, 5) is 26.2. The number of hydrogen-bond acceptors (Lipinski definition) is 9. The molecule has 21 heteroatoms. The zero-order chi connectivity index (χ0) is 41.5. The molecule has 1 N–H and O–H groups in total. The van der Waals surface area contributed by atoms with Crippen LogP contribution in [0.3, 0.4) is 0 Å². The Labute approximate surface area is 327 Å². The standard InChI is InChI=1S/C19H14ClF4N3O3.C17H12ClF4N3O2/c1-11(28)29-16(9-27-10-25-8-17(27)21)14-7-26-18(6-15(14)19(22,23)24)30-13-4-2-12(20)3-5-13;18-10-1-3-11(4-2-10)27-16-5-13(17(20,21)22)12(6-24-16)14(26)8-25-9-23-7-15(25)19/h2-8,10,16H,9H2,1H3;1-7,9,14,26H,8H2. The maximum Gasteiger partial charge on any atom is 0.417 e. The fraction of sp³-hybridized carbons (Fsp3) is 0.194. The monoisotopic (exact) mass is 844 g/mol. The number of aliphatic hydroxyl groups is 1. The topological polar surface area (TPSA) is 126 Å². The van der Waals surface area contributed by atoms with Crippen LogP contribution in [0.25, 0.3) is 0 Å². The Kier molecular flexibility index (Phi) is 13.4. The lowest BCUT2D eigenvalue weighted by Crippen LogP contribution is -2.20. The molecule has 0 fully saturated rings. The highest BCUT2D eigenvalue weighted by Crippen LogP contribution is 2.39. The Balaban J connectivity index is 0.000000219. The normalized spacial score (nSPS) is 12.6. The molecule has 0 aliphatic rings. The predicted molar refractivity (Wildman–Crippen MR) is 185 cm³/mol. The minimum absolute atomic E-state index is 0.227. The second-order valence-corrected chi connectivity index (χ2v) is 12.6. The Morgan fingerprint density at radius 1 is 0.702 bits per heavy atom. The van der Waals surface area contributed by atoms with E-state index in [9.17, 15) is 45.0 Å². The van der Waals surface area contributed by atoms with Crippen molar-refractivity contribution >= 4 is 29.2 Å². The number of aliphatic hydroxyl groups excluding tert-OH is 1. The molecule has 0 aliphatic heterocycles. The number of pyridine rings is 2. The molecule has 0 bridgehead atoms. The number of carbonyl (C=O) groups excluding carboxylic acids is 1. The van der Waals surface area contributed by atoms with E-state index in [-0.39, 0.29) is 23.3 Å². The van der Waals surface area contributed by atoms with Gasteiger partial charge in [0.2, 0.25) is 23.7 Å². The third-order valence-corrected chi connectivity index (χ3v) is 8.08. The van der Waals surface area contributed by atoms with Crippen molar-refractivity contribution < 1.29 is 59.2 Å². The van der Waals surface area contributed by atoms with Crippen LogP contribution in [0.15, 0.2) is 98.1 Å². The van der Waals surface area contributed by atoms with Gasteiger partial charge in [-0.25, -0.2) is 19.9 Å². The first-order valence-corrected chi connectivity index (χ1v) is 16.8. The van der Waals surface area contributed by atoms with E-state index in [0.29, 0.717) is 22.2 Å². The van der Waals surface area contributed by atoms with E-state index in [1.807, 2.05) is 0 Å². The van der Waals surface area contributed by atoms with Crippen molar-refractivity contribution in [3.05, 3.63) is 142 Å². The molecule has 57 heavy (non-hydrogen) atoms. The minimum atomic E-state index is -4.82. The van der Waals surface area contributed by atoms with Gasteiger partial charge in [-0.2, -0.15) is 35.1 Å². The van der Waals surface area contributed by atoms with Crippen molar-refractivity contribution in [2.24, 2.45) is 0 Å². The second kappa shape index (κ2) is 18.0. The van der Waals surface area contributed by atoms with E-state index in [1.54, 1.807) is 0 Å². The van der Waals surface area contributed by atoms with Gasteiger partial charge in [-0.15, -0.1) is 0 Å². The van der Waals surface area contributed by atoms with Gasteiger partial charge in [0.05, 0.1) is 55.4 Å². The molecule has 0 aliphatic carbocycles. The van der Waals surface area contributed by atoms with Crippen molar-refractivity contribution in [1.29, 1.82) is 0 Å². The van der Waals surface area contributed by atoms with Crippen LogP contribution >= 0.6 is 23.2 Å². The number of rotatable bonds is 11. The number of benzene rings is 2. The van der Waals surface area contributed by atoms with Gasteiger partial charge in [0.15, 0.2) is 0 Å². The van der Waals surface area contributed by atoms with E-state index in [4.69, 9.17) is 37.4 Å². The molecule has 0 spiro atoms. The summed E-state index contributed by atoms with van der Waals surface area (Å²) >= 11 is 11.5. The molecular weight excluding hydrogens is 819 g/mol. The van der Waals surface area contributed by atoms with Crippen LogP contribution in [0.5, 0.6) is 23.3 Å². The number of hydrogen-bond donors (Lipinski definition) is 1. The number of ether oxygens (including phenoxy) is 3. The fourth-order valence-corrected chi connectivity index (χ4v) is 5.26. The summed E-state index contributed by atoms with van der Waals surface area (Å²) in [7, 11) is 0. The predicted octanol–water partition coefficient (Wildman–Crippen LogP) is 9.80. The number of alkyl halides is 6. The van der Waals surface area contributed by atoms with Crippen LogP contribution in [0, 0.1) is 11.9 Å². The van der Waals surface area contributed by atoms with Gasteiger partial charge >= 0.3 is 18.3 Å². The van der Waals surface area contributed by atoms with E-state index in [0.717, 1.165) is 53.5 Å². The van der Waals surface area contributed by atoms with Crippen molar-refractivity contribution in [1.82, 2.24) is 29.1 Å². The highest BCUT2D eigenvalue weighted by molar-refractivity contribution is 6.30. The summed E-state index contributed by atoms with van der Waals surface area (Å²) in [5.74, 6) is -2.58. The van der Waals surface area contributed by atoms with E-state index in [2.05, 4.69) is 19.9 Å². The molecule has 6 rings (SSSR count). The molecular formula is C36H26Cl2F8N6O5. The zero-order valence-corrected chi connectivity index (χ0v) is 30.4. The summed E-state index contributed by atoms with van der Waals surface area (Å²) in [6.45, 7) is 0.164. The maximum absolute atomic E-state index is 13.7. The summed E-state index contributed by atoms with van der Waals surface area (Å²) < 4.78 is 126. The van der Waals surface area contributed by atoms with Gasteiger partial charge in [-0.3, -0.25) is 4.79 Å². The van der Waals surface area contributed by atoms with Crippen molar-refractivity contribution in [3.63, 3.8) is 0 Å². The average Bonchev–Trinajstić information content (AvgIpc) is 3.75. The molecule has 0 radical (unpaired) electrons. The minimum Gasteiger partial charge on any atom is -0.456 e. The zero-order valence-electron chi connectivity index (χ0n) is 28.8. The van der Waals surface area contributed by atoms with Crippen LogP contribution < -0.4 is 9.47 Å². The maximum atomic E-state index is 13.7. The molecule has 0 saturated carbocycles. The number of imidazole rings is 2. The largest absolute Gasteiger partial charge is 0.456 e. The quantitative estimate of drug-likeness (QED) is 0.100. The van der Waals surface area contributed by atoms with Crippen molar-refractivity contribution in [3.8, 4) is 23.3 Å². The molecule has 2 atom stereocenters. The van der Waals surface area contributed by atoms with Crippen LogP contribution in [0.1, 0.15) is 41.4 Å². The second-order valence-electron chi connectivity index (χ2n) is 11.7. The van der Waals surface area contributed by atoms with E-state index >= 15 is 0 Å². The van der Waals surface area contributed by atoms with Crippen molar-refractivity contribution in [2.45, 2.75) is 44.6 Å². The highest BCUT2D eigenvalue weighted by atomic mass is 35.5. The molecule has 4 heterocycles. The number of carbonyl (C=O) groups is 1. The fourth-order valence-electron chi connectivity index (χ4n) is 5.01. The van der Waals surface area contributed by atoms with Crippen LogP contribution in [0.4, 0.5) is 35.1 Å². The molecule has 300 valence electrons. The first kappa shape index (κ1) is 42.4. The molecule has 6 aromatic rings. The Morgan fingerprint density at radius 2 is 1.12 bits per heavy atom. The number of aromatic nitrogens is 6. The van der Waals surface area contributed by atoms with Crippen molar-refractivity contribution in [2.75, 3.05) is 0 Å². The third-order valence-electron chi connectivity index (χ3n) is 7.57. The van der Waals surface area contributed by atoms with Crippen LogP contribution in [-0.4, -0.2) is 40.1 Å². The lowest BCUT2D eigenvalue weighted by molar-refractivity contribution is -0.151. The molecule has 2 unspecified atom stereocenters. The lowest BCUT2D eigenvalue weighted by atomic mass is 10.0. The SMILES string of the molecule is CC(=O)OC(Cn1cncc1F)c1cnc(Oc2ccc(Cl)cc2)cc1C(F)(F)F.OC(Cn1cncc1F)c1cnc(Oc2ccc(Cl)cc2)cc1C(F)(F)F. The summed E-state index contributed by atoms with van der Waals surface area (Å²) in [6.07, 6.45) is -7.04. The van der Waals surface area contributed by atoms with Gasteiger partial charge in [0.1, 0.15) is 17.6 Å². The smallest absolute Gasteiger partial charge is 0.417 e. The average molecular weight is 846 g/mol. The Hall–Kier alpha value is -5.79. The van der Waals surface area contributed by atoms with Gasteiger partial charge in [-0.1, -0.05) is 23.2 Å². The number of halogens is 10. The Morgan fingerprint density at radius 3 is 1.53 bits per heavy atom. The summed E-state index contributed by atoms with van der Waals surface area (Å²) in [6, 6.07) is 13.3. The summed E-state index contributed by atoms with van der Waals surface area (Å²) in [5.41, 5.74) is -3.21. The molecule has 2 aromatic carbocycles. The van der Waals surface area contributed by atoms with E-state index in [1.165, 1.54) is 48.5 Å². The van der Waals surface area contributed by atoms with Crippen LogP contribution in [-0.2, 0) is 35.0 Å². The van der Waals surface area contributed by atoms with Gasteiger partial charge in [0, 0.05) is 52.6 Å². The van der Waals surface area contributed by atoms with Gasteiger partial charge in [-0.05, 0) is 48.5 Å². The van der Waals surface area contributed by atoms with Gasteiger partial charge < -0.3 is 28.5 Å². The van der Waals surface area contributed by atoms with Gasteiger partial charge in [0.25, 0.3) is 0 Å². The first-order chi connectivity index (χ1) is 26.9. The third kappa shape index (κ3) is 11.6. The van der Waals surface area contributed by atoms with E-state index < -0.39 is 77.8 Å². The Bertz CT molecular complexity index is 2290. The number of esters is 1. The van der Waals surface area contributed by atoms with Crippen LogP contribution in [0.2, 0.25) is 10.0 Å². The molecule has 11 nitrogen and oxygen atoms in total. The molecule has 0 saturated heterocycles. The highest BCUT2D eigenvalue weighted by Gasteiger charge is 2.38. The summed E-state index contributed by atoms with van der Waals surface area (Å²) in [5, 5.41) is 11.0. The lowest BCUT2D eigenvalue weighted by Gasteiger charge is -2.22.